The van der Waals surface area contributed by atoms with Gasteiger partial charge in [0.15, 0.2) is 0 Å². The number of rotatable bonds is 7. The van der Waals surface area contributed by atoms with E-state index in [1.165, 1.54) is 18.9 Å². The van der Waals surface area contributed by atoms with Crippen LogP contribution in [0.3, 0.4) is 0 Å². The van der Waals surface area contributed by atoms with Crippen molar-refractivity contribution in [2.45, 2.75) is 45.6 Å². The summed E-state index contributed by atoms with van der Waals surface area (Å²) in [6.07, 6.45) is 4.34. The van der Waals surface area contributed by atoms with Crippen molar-refractivity contribution in [1.29, 1.82) is 0 Å². The lowest BCUT2D eigenvalue weighted by Gasteiger charge is -2.17. The average Bonchev–Trinajstić information content (AvgIpc) is 2.31. The summed E-state index contributed by atoms with van der Waals surface area (Å²) in [7, 11) is 0. The van der Waals surface area contributed by atoms with E-state index in [4.69, 9.17) is 0 Å². The van der Waals surface area contributed by atoms with Crippen LogP contribution in [0.2, 0.25) is 0 Å². The Balaban J connectivity index is 2.55. The van der Waals surface area contributed by atoms with Gasteiger partial charge in [-0.1, -0.05) is 32.4 Å². The molecule has 1 nitrogen and oxygen atoms in total. The zero-order valence-corrected chi connectivity index (χ0v) is 12.2. The van der Waals surface area contributed by atoms with Crippen molar-refractivity contribution in [2.24, 2.45) is 0 Å². The number of aryl methyl sites for hydroxylation is 1. The molecule has 1 atom stereocenters. The predicted molar refractivity (Wildman–Crippen MR) is 74.8 cm³/mol. The lowest BCUT2D eigenvalue weighted by atomic mass is 10.0. The zero-order chi connectivity index (χ0) is 12.7. The second-order valence-electron chi connectivity index (χ2n) is 4.29. The summed E-state index contributed by atoms with van der Waals surface area (Å²) >= 11 is 3.31. The van der Waals surface area contributed by atoms with Gasteiger partial charge >= 0.3 is 0 Å². The molecule has 0 aliphatic heterocycles. The molecule has 1 N–H and O–H groups in total. The second kappa shape index (κ2) is 7.83. The summed E-state index contributed by atoms with van der Waals surface area (Å²) in [5.41, 5.74) is 1.06. The van der Waals surface area contributed by atoms with Gasteiger partial charge in [0.25, 0.3) is 0 Å². The van der Waals surface area contributed by atoms with E-state index in [0.717, 1.165) is 24.9 Å². The van der Waals surface area contributed by atoms with Gasteiger partial charge in [-0.05, 0) is 53.4 Å². The van der Waals surface area contributed by atoms with Gasteiger partial charge in [0.05, 0.1) is 4.47 Å². The highest BCUT2D eigenvalue weighted by molar-refractivity contribution is 9.10. The van der Waals surface area contributed by atoms with Crippen LogP contribution < -0.4 is 5.32 Å². The summed E-state index contributed by atoms with van der Waals surface area (Å²) in [5.74, 6) is -0.169. The first-order chi connectivity index (χ1) is 8.19. The molecular formula is C14H21BrFN. The molecule has 96 valence electrons. The van der Waals surface area contributed by atoms with Gasteiger partial charge in [0, 0.05) is 6.04 Å². The predicted octanol–water partition coefficient (Wildman–Crippen LogP) is 4.30. The van der Waals surface area contributed by atoms with Crippen LogP contribution in [-0.2, 0) is 6.42 Å². The van der Waals surface area contributed by atoms with E-state index >= 15 is 0 Å². The van der Waals surface area contributed by atoms with Crippen LogP contribution in [0.5, 0.6) is 0 Å². The summed E-state index contributed by atoms with van der Waals surface area (Å²) in [6.45, 7) is 5.32. The van der Waals surface area contributed by atoms with E-state index in [2.05, 4.69) is 35.1 Å². The van der Waals surface area contributed by atoms with E-state index in [9.17, 15) is 4.39 Å². The Labute approximate surface area is 112 Å². The van der Waals surface area contributed by atoms with E-state index in [1.54, 1.807) is 6.07 Å². The van der Waals surface area contributed by atoms with E-state index in [-0.39, 0.29) is 5.82 Å². The summed E-state index contributed by atoms with van der Waals surface area (Å²) < 4.78 is 14.0. The molecule has 0 heterocycles. The number of halogens is 2. The maximum Gasteiger partial charge on any atom is 0.137 e. The Bertz CT molecular complexity index is 335. The van der Waals surface area contributed by atoms with Crippen LogP contribution in [0.25, 0.3) is 0 Å². The first-order valence-electron chi connectivity index (χ1n) is 6.35. The van der Waals surface area contributed by atoms with E-state index in [0.29, 0.717) is 10.5 Å². The minimum Gasteiger partial charge on any atom is -0.314 e. The molecule has 1 aromatic rings. The van der Waals surface area contributed by atoms with Crippen molar-refractivity contribution in [3.63, 3.8) is 0 Å². The number of benzene rings is 1. The van der Waals surface area contributed by atoms with E-state index in [1.807, 2.05) is 6.07 Å². The molecular weight excluding hydrogens is 281 g/mol. The first-order valence-corrected chi connectivity index (χ1v) is 7.14. The lowest BCUT2D eigenvalue weighted by Crippen LogP contribution is -2.29. The fourth-order valence-electron chi connectivity index (χ4n) is 2.06. The highest BCUT2D eigenvalue weighted by atomic mass is 79.9. The maximum absolute atomic E-state index is 13.3. The minimum atomic E-state index is -0.169. The van der Waals surface area contributed by atoms with Gasteiger partial charge < -0.3 is 5.32 Å². The molecule has 0 aliphatic rings. The van der Waals surface area contributed by atoms with Crippen molar-refractivity contribution >= 4 is 15.9 Å². The largest absolute Gasteiger partial charge is 0.314 e. The molecule has 0 spiro atoms. The van der Waals surface area contributed by atoms with Gasteiger partial charge in [-0.15, -0.1) is 0 Å². The fourth-order valence-corrected chi connectivity index (χ4v) is 2.52. The van der Waals surface area contributed by atoms with Crippen molar-refractivity contribution in [1.82, 2.24) is 5.32 Å². The summed E-state index contributed by atoms with van der Waals surface area (Å²) in [5, 5.41) is 3.48. The maximum atomic E-state index is 13.3. The molecule has 0 aromatic heterocycles. The third kappa shape index (κ3) is 4.76. The first kappa shape index (κ1) is 14.7. The van der Waals surface area contributed by atoms with Crippen molar-refractivity contribution in [3.05, 3.63) is 34.1 Å². The van der Waals surface area contributed by atoms with Crippen molar-refractivity contribution < 1.29 is 4.39 Å². The number of hydrogen-bond acceptors (Lipinski definition) is 1. The number of hydrogen-bond donors (Lipinski definition) is 1. The molecule has 1 aromatic carbocycles. The number of nitrogens with one attached hydrogen (secondary N) is 1. The third-order valence-electron chi connectivity index (χ3n) is 2.92. The van der Waals surface area contributed by atoms with Crippen molar-refractivity contribution in [3.8, 4) is 0 Å². The van der Waals surface area contributed by atoms with E-state index < -0.39 is 0 Å². The summed E-state index contributed by atoms with van der Waals surface area (Å²) in [4.78, 5) is 0. The molecule has 1 unspecified atom stereocenters. The second-order valence-corrected chi connectivity index (χ2v) is 5.09. The SMILES string of the molecule is CCCC(CCc1cccc(F)c1Br)NCC. The van der Waals surface area contributed by atoms with Crippen LogP contribution in [0.4, 0.5) is 4.39 Å². The Hall–Kier alpha value is -0.410. The van der Waals surface area contributed by atoms with Crippen LogP contribution in [0.15, 0.2) is 22.7 Å². The quantitative estimate of drug-likeness (QED) is 0.792. The Morgan fingerprint density at radius 1 is 1.29 bits per heavy atom. The van der Waals surface area contributed by atoms with Crippen LogP contribution in [-0.4, -0.2) is 12.6 Å². The molecule has 0 radical (unpaired) electrons. The molecule has 0 aliphatic carbocycles. The fraction of sp³-hybridized carbons (Fsp3) is 0.571. The molecule has 3 heteroatoms. The lowest BCUT2D eigenvalue weighted by molar-refractivity contribution is 0.459. The topological polar surface area (TPSA) is 12.0 Å². The molecule has 1 rings (SSSR count). The van der Waals surface area contributed by atoms with Gasteiger partial charge in [-0.25, -0.2) is 4.39 Å². The highest BCUT2D eigenvalue weighted by Gasteiger charge is 2.09. The van der Waals surface area contributed by atoms with Crippen molar-refractivity contribution in [2.75, 3.05) is 6.54 Å². The van der Waals surface area contributed by atoms with Gasteiger partial charge in [-0.2, -0.15) is 0 Å². The standard InChI is InChI=1S/C14H21BrFN/c1-3-6-12(17-4-2)10-9-11-7-5-8-13(16)14(11)15/h5,7-8,12,17H,3-4,6,9-10H2,1-2H3. The van der Waals surface area contributed by atoms with Crippen LogP contribution in [0, 0.1) is 5.82 Å². The van der Waals surface area contributed by atoms with Gasteiger partial charge in [-0.3, -0.25) is 0 Å². The Morgan fingerprint density at radius 3 is 2.71 bits per heavy atom. The zero-order valence-electron chi connectivity index (χ0n) is 10.6. The monoisotopic (exact) mass is 301 g/mol. The smallest absolute Gasteiger partial charge is 0.137 e. The van der Waals surface area contributed by atoms with Crippen LogP contribution in [0.1, 0.15) is 38.7 Å². The highest BCUT2D eigenvalue weighted by Crippen LogP contribution is 2.22. The molecule has 0 amide bonds. The molecule has 17 heavy (non-hydrogen) atoms. The minimum absolute atomic E-state index is 0.169. The molecule has 0 fully saturated rings. The molecule has 0 saturated carbocycles. The molecule has 0 saturated heterocycles. The Morgan fingerprint density at radius 2 is 2.06 bits per heavy atom. The third-order valence-corrected chi connectivity index (χ3v) is 3.81. The normalized spacial score (nSPS) is 12.7. The average molecular weight is 302 g/mol. The van der Waals surface area contributed by atoms with Gasteiger partial charge in [0.1, 0.15) is 5.82 Å². The van der Waals surface area contributed by atoms with Crippen LogP contribution >= 0.6 is 15.9 Å². The molecule has 0 bridgehead atoms. The summed E-state index contributed by atoms with van der Waals surface area (Å²) in [6, 6.07) is 5.79. The van der Waals surface area contributed by atoms with Gasteiger partial charge in [0.2, 0.25) is 0 Å². The Kier molecular flexibility index (Phi) is 6.75.